The molecule has 0 aliphatic carbocycles. The van der Waals surface area contributed by atoms with E-state index in [9.17, 15) is 9.59 Å². The molecule has 2 aromatic carbocycles. The van der Waals surface area contributed by atoms with Gasteiger partial charge in [-0.15, -0.1) is 0 Å². The lowest BCUT2D eigenvalue weighted by Crippen LogP contribution is -2.35. The van der Waals surface area contributed by atoms with Gasteiger partial charge in [-0.3, -0.25) is 9.59 Å². The topological polar surface area (TPSA) is 97.6 Å². The third kappa shape index (κ3) is 6.86. The smallest absolute Gasteiger partial charge is 0.253 e. The number of amides is 2. The fourth-order valence-electron chi connectivity index (χ4n) is 3.96. The standard InChI is InChI=1S/C28H29ClN4O3/c29-24-18-23(21-6-8-22(9-7-21)28(35)33-15-2-1-3-16-33)10-11-25(24)36-17-14-31-27(34)13-5-20-4-12-26(30)32-19-20/h4-13,18-19H,1-3,14-17H2,(H2,30,32)(H,31,34). The second kappa shape index (κ2) is 12.2. The highest BCUT2D eigenvalue weighted by molar-refractivity contribution is 6.32. The summed E-state index contributed by atoms with van der Waals surface area (Å²) in [5, 5.41) is 3.23. The summed E-state index contributed by atoms with van der Waals surface area (Å²) in [5.74, 6) is 0.820. The summed E-state index contributed by atoms with van der Waals surface area (Å²) in [7, 11) is 0. The Morgan fingerprint density at radius 3 is 2.47 bits per heavy atom. The molecule has 3 aromatic rings. The first-order valence-electron chi connectivity index (χ1n) is 12.0. The Hall–Kier alpha value is -3.84. The monoisotopic (exact) mass is 504 g/mol. The fourth-order valence-corrected chi connectivity index (χ4v) is 4.20. The molecular formula is C28H29ClN4O3. The van der Waals surface area contributed by atoms with E-state index < -0.39 is 0 Å². The number of carbonyl (C=O) groups excluding carboxylic acids is 2. The predicted octanol–water partition coefficient (Wildman–Crippen LogP) is 4.82. The molecule has 0 atom stereocenters. The van der Waals surface area contributed by atoms with Crippen LogP contribution in [0.3, 0.4) is 0 Å². The molecule has 1 aliphatic heterocycles. The van der Waals surface area contributed by atoms with Gasteiger partial charge in [0.2, 0.25) is 5.91 Å². The van der Waals surface area contributed by atoms with Gasteiger partial charge in [-0.25, -0.2) is 4.98 Å². The summed E-state index contributed by atoms with van der Waals surface area (Å²) < 4.78 is 5.73. The van der Waals surface area contributed by atoms with Crippen LogP contribution in [0.4, 0.5) is 5.82 Å². The number of rotatable bonds is 8. The number of hydrogen-bond acceptors (Lipinski definition) is 5. The summed E-state index contributed by atoms with van der Waals surface area (Å²) in [6, 6.07) is 16.6. The van der Waals surface area contributed by atoms with Crippen molar-refractivity contribution in [3.63, 3.8) is 0 Å². The van der Waals surface area contributed by atoms with Crippen molar-refractivity contribution in [2.45, 2.75) is 19.3 Å². The van der Waals surface area contributed by atoms with E-state index in [-0.39, 0.29) is 18.4 Å². The average Bonchev–Trinajstić information content (AvgIpc) is 2.91. The quantitative estimate of drug-likeness (QED) is 0.338. The van der Waals surface area contributed by atoms with E-state index >= 15 is 0 Å². The maximum absolute atomic E-state index is 12.7. The Kier molecular flexibility index (Phi) is 8.57. The van der Waals surface area contributed by atoms with Gasteiger partial charge in [0.25, 0.3) is 5.91 Å². The van der Waals surface area contributed by atoms with Gasteiger partial charge in [0.15, 0.2) is 0 Å². The molecule has 2 heterocycles. The molecule has 0 saturated carbocycles. The van der Waals surface area contributed by atoms with E-state index in [1.165, 1.54) is 12.5 Å². The number of halogens is 1. The first-order chi connectivity index (χ1) is 17.5. The second-order valence-electron chi connectivity index (χ2n) is 8.56. The van der Waals surface area contributed by atoms with Gasteiger partial charge >= 0.3 is 0 Å². The highest BCUT2D eigenvalue weighted by Gasteiger charge is 2.18. The van der Waals surface area contributed by atoms with Crippen molar-refractivity contribution in [2.75, 3.05) is 32.0 Å². The van der Waals surface area contributed by atoms with E-state index in [0.717, 1.165) is 42.6 Å². The Morgan fingerprint density at radius 2 is 1.78 bits per heavy atom. The van der Waals surface area contributed by atoms with Crippen LogP contribution in [-0.2, 0) is 4.79 Å². The summed E-state index contributed by atoms with van der Waals surface area (Å²) in [6.07, 6.45) is 8.02. The van der Waals surface area contributed by atoms with Gasteiger partial charge in [-0.05, 0) is 78.4 Å². The van der Waals surface area contributed by atoms with Crippen molar-refractivity contribution >= 4 is 35.3 Å². The van der Waals surface area contributed by atoms with Crippen LogP contribution in [-0.4, -0.2) is 47.9 Å². The molecule has 0 unspecified atom stereocenters. The molecule has 8 heteroatoms. The second-order valence-corrected chi connectivity index (χ2v) is 8.97. The lowest BCUT2D eigenvalue weighted by atomic mass is 10.0. The number of nitrogen functional groups attached to an aromatic ring is 1. The first-order valence-corrected chi connectivity index (χ1v) is 12.4. The molecule has 3 N–H and O–H groups in total. The number of ether oxygens (including phenoxy) is 1. The van der Waals surface area contributed by atoms with Crippen LogP contribution >= 0.6 is 11.6 Å². The maximum atomic E-state index is 12.7. The van der Waals surface area contributed by atoms with Gasteiger partial charge in [0.05, 0.1) is 11.6 Å². The van der Waals surface area contributed by atoms with E-state index in [4.69, 9.17) is 22.1 Å². The predicted molar refractivity (Wildman–Crippen MR) is 143 cm³/mol. The van der Waals surface area contributed by atoms with Crippen LogP contribution in [0.15, 0.2) is 66.9 Å². The number of piperidine rings is 1. The van der Waals surface area contributed by atoms with Crippen LogP contribution in [0.5, 0.6) is 5.75 Å². The van der Waals surface area contributed by atoms with Crippen molar-refractivity contribution in [3.8, 4) is 16.9 Å². The van der Waals surface area contributed by atoms with Gasteiger partial charge in [-0.2, -0.15) is 0 Å². The molecule has 1 aromatic heterocycles. The molecule has 0 spiro atoms. The number of benzene rings is 2. The van der Waals surface area contributed by atoms with Crippen LogP contribution < -0.4 is 15.8 Å². The molecule has 1 aliphatic rings. The number of hydrogen-bond donors (Lipinski definition) is 2. The molecule has 2 amide bonds. The Labute approximate surface area is 215 Å². The molecule has 0 bridgehead atoms. The van der Waals surface area contributed by atoms with Gasteiger partial charge in [-0.1, -0.05) is 29.8 Å². The van der Waals surface area contributed by atoms with Crippen molar-refractivity contribution in [1.29, 1.82) is 0 Å². The number of nitrogens with two attached hydrogens (primary N) is 1. The lowest BCUT2D eigenvalue weighted by molar-refractivity contribution is -0.116. The van der Waals surface area contributed by atoms with Gasteiger partial charge in [0.1, 0.15) is 18.2 Å². The zero-order chi connectivity index (χ0) is 25.3. The molecule has 0 radical (unpaired) electrons. The van der Waals surface area contributed by atoms with E-state index in [0.29, 0.717) is 28.7 Å². The summed E-state index contributed by atoms with van der Waals surface area (Å²) >= 11 is 6.43. The van der Waals surface area contributed by atoms with E-state index in [2.05, 4.69) is 10.3 Å². The summed E-state index contributed by atoms with van der Waals surface area (Å²) in [5.41, 5.74) is 8.93. The summed E-state index contributed by atoms with van der Waals surface area (Å²) in [6.45, 7) is 2.27. The average molecular weight is 505 g/mol. The van der Waals surface area contributed by atoms with Crippen molar-refractivity contribution in [3.05, 3.63) is 83.0 Å². The highest BCUT2D eigenvalue weighted by Crippen LogP contribution is 2.30. The fraction of sp³-hybridized carbons (Fsp3) is 0.250. The van der Waals surface area contributed by atoms with Crippen LogP contribution in [0.2, 0.25) is 5.02 Å². The Balaban J connectivity index is 1.26. The largest absolute Gasteiger partial charge is 0.490 e. The van der Waals surface area contributed by atoms with E-state index in [1.807, 2.05) is 41.3 Å². The molecule has 4 rings (SSSR count). The van der Waals surface area contributed by atoms with Crippen molar-refractivity contribution in [1.82, 2.24) is 15.2 Å². The number of pyridine rings is 1. The third-order valence-corrected chi connectivity index (χ3v) is 6.23. The van der Waals surface area contributed by atoms with E-state index in [1.54, 1.807) is 30.5 Å². The molecule has 1 saturated heterocycles. The van der Waals surface area contributed by atoms with Crippen LogP contribution in [0.25, 0.3) is 17.2 Å². The number of nitrogens with one attached hydrogen (secondary N) is 1. The minimum atomic E-state index is -0.237. The minimum absolute atomic E-state index is 0.0906. The highest BCUT2D eigenvalue weighted by atomic mass is 35.5. The zero-order valence-electron chi connectivity index (χ0n) is 20.0. The van der Waals surface area contributed by atoms with Crippen LogP contribution in [0, 0.1) is 0 Å². The number of likely N-dealkylation sites (tertiary alicyclic amines) is 1. The molecule has 36 heavy (non-hydrogen) atoms. The normalized spacial score (nSPS) is 13.5. The molecule has 1 fully saturated rings. The SMILES string of the molecule is Nc1ccc(C=CC(=O)NCCOc2ccc(-c3ccc(C(=O)N4CCCCC4)cc3)cc2Cl)cn1. The number of carbonyl (C=O) groups is 2. The summed E-state index contributed by atoms with van der Waals surface area (Å²) in [4.78, 5) is 30.6. The minimum Gasteiger partial charge on any atom is -0.490 e. The lowest BCUT2D eigenvalue weighted by Gasteiger charge is -2.26. The number of aromatic nitrogens is 1. The molecule has 7 nitrogen and oxygen atoms in total. The Morgan fingerprint density at radius 1 is 1.03 bits per heavy atom. The Bertz CT molecular complexity index is 1220. The van der Waals surface area contributed by atoms with Crippen LogP contribution in [0.1, 0.15) is 35.2 Å². The van der Waals surface area contributed by atoms with Gasteiger partial charge in [0, 0.05) is 30.9 Å². The van der Waals surface area contributed by atoms with Crippen molar-refractivity contribution < 1.29 is 14.3 Å². The first kappa shape index (κ1) is 25.3. The number of nitrogens with zero attached hydrogens (tertiary/aromatic N) is 2. The number of anilines is 1. The third-order valence-electron chi connectivity index (χ3n) is 5.94. The zero-order valence-corrected chi connectivity index (χ0v) is 20.7. The maximum Gasteiger partial charge on any atom is 0.253 e. The van der Waals surface area contributed by atoms with Gasteiger partial charge < -0.3 is 20.7 Å². The van der Waals surface area contributed by atoms with Crippen molar-refractivity contribution in [2.24, 2.45) is 0 Å². The molecule has 186 valence electrons. The molecular weight excluding hydrogens is 476 g/mol.